The fourth-order valence-electron chi connectivity index (χ4n) is 3.77. The predicted molar refractivity (Wildman–Crippen MR) is 89.0 cm³/mol. The third kappa shape index (κ3) is 4.02. The van der Waals surface area contributed by atoms with Crippen LogP contribution >= 0.6 is 11.6 Å². The molecule has 3 rings (SSSR count). The van der Waals surface area contributed by atoms with E-state index < -0.39 is 0 Å². The van der Waals surface area contributed by atoms with Crippen molar-refractivity contribution < 1.29 is 9.69 Å². The van der Waals surface area contributed by atoms with Gasteiger partial charge in [0.2, 0.25) is 5.91 Å². The molecule has 1 heterocycles. The number of rotatable bonds is 4. The highest BCUT2D eigenvalue weighted by molar-refractivity contribution is 6.31. The van der Waals surface area contributed by atoms with Gasteiger partial charge >= 0.3 is 0 Å². The first-order chi connectivity index (χ1) is 10.7. The van der Waals surface area contributed by atoms with Crippen molar-refractivity contribution in [2.45, 2.75) is 51.1 Å². The molecule has 3 nitrogen and oxygen atoms in total. The van der Waals surface area contributed by atoms with Crippen LogP contribution in [0.2, 0.25) is 5.02 Å². The molecule has 0 aromatic heterocycles. The van der Waals surface area contributed by atoms with Gasteiger partial charge < -0.3 is 10.2 Å². The molecule has 2 aliphatic rings. The molecule has 0 radical (unpaired) electrons. The number of carbonyl (C=O) groups excluding carboxylic acids is 1. The highest BCUT2D eigenvalue weighted by Crippen LogP contribution is 2.19. The summed E-state index contributed by atoms with van der Waals surface area (Å²) in [4.78, 5) is 13.9. The Labute approximate surface area is 138 Å². The van der Waals surface area contributed by atoms with E-state index in [1.54, 1.807) is 0 Å². The molecule has 22 heavy (non-hydrogen) atoms. The molecule has 2 N–H and O–H groups in total. The molecular weight excluding hydrogens is 296 g/mol. The van der Waals surface area contributed by atoms with Gasteiger partial charge in [-0.15, -0.1) is 0 Å². The lowest BCUT2D eigenvalue weighted by Gasteiger charge is -2.29. The van der Waals surface area contributed by atoms with Gasteiger partial charge in [-0.2, -0.15) is 0 Å². The van der Waals surface area contributed by atoms with Crippen LogP contribution in [0.15, 0.2) is 24.3 Å². The lowest BCUT2D eigenvalue weighted by atomic mass is 9.95. The van der Waals surface area contributed by atoms with Gasteiger partial charge in [-0.1, -0.05) is 42.6 Å². The average Bonchev–Trinajstić information content (AvgIpc) is 3.03. The zero-order valence-corrected chi connectivity index (χ0v) is 13.9. The second-order valence-electron chi connectivity index (χ2n) is 6.78. The molecular formula is C18H26ClN2O+. The number of benzene rings is 1. The third-order valence-corrected chi connectivity index (χ3v) is 5.53. The zero-order valence-electron chi connectivity index (χ0n) is 13.1. The highest BCUT2D eigenvalue weighted by atomic mass is 35.5. The predicted octanol–water partition coefficient (Wildman–Crippen LogP) is 2.19. The Morgan fingerprint density at radius 3 is 2.50 bits per heavy atom. The maximum Gasteiger partial charge on any atom is 0.223 e. The summed E-state index contributed by atoms with van der Waals surface area (Å²) in [6.45, 7) is 3.10. The monoisotopic (exact) mass is 321 g/mol. The second-order valence-corrected chi connectivity index (χ2v) is 7.19. The molecule has 1 amide bonds. The number of quaternary nitrogens is 1. The minimum absolute atomic E-state index is 0.218. The minimum atomic E-state index is 0.218. The number of nitrogens with one attached hydrogen (secondary N) is 2. The fourth-order valence-corrected chi connectivity index (χ4v) is 3.97. The molecule has 4 heteroatoms. The van der Waals surface area contributed by atoms with Crippen LogP contribution in [0.1, 0.15) is 44.1 Å². The fraction of sp³-hybridized carbons (Fsp3) is 0.611. The van der Waals surface area contributed by atoms with Crippen LogP contribution in [0.3, 0.4) is 0 Å². The van der Waals surface area contributed by atoms with E-state index in [1.807, 2.05) is 18.2 Å². The summed E-state index contributed by atoms with van der Waals surface area (Å²) in [5, 5.41) is 4.11. The zero-order chi connectivity index (χ0) is 15.4. The van der Waals surface area contributed by atoms with Crippen molar-refractivity contribution in [2.24, 2.45) is 5.92 Å². The first kappa shape index (κ1) is 15.8. The molecule has 0 unspecified atom stereocenters. The van der Waals surface area contributed by atoms with Crippen LogP contribution in [-0.2, 0) is 11.3 Å². The van der Waals surface area contributed by atoms with Crippen LogP contribution in [0.25, 0.3) is 0 Å². The first-order valence-electron chi connectivity index (χ1n) is 8.60. The van der Waals surface area contributed by atoms with E-state index in [-0.39, 0.29) is 5.92 Å². The lowest BCUT2D eigenvalue weighted by molar-refractivity contribution is -0.919. The number of piperidine rings is 1. The average molecular weight is 322 g/mol. The smallest absolute Gasteiger partial charge is 0.223 e. The summed E-state index contributed by atoms with van der Waals surface area (Å²) in [5.74, 6) is 0.513. The molecule has 0 spiro atoms. The number of hydrogen-bond acceptors (Lipinski definition) is 1. The molecule has 1 aliphatic heterocycles. The topological polar surface area (TPSA) is 33.5 Å². The molecule has 1 saturated heterocycles. The van der Waals surface area contributed by atoms with Crippen LogP contribution in [0, 0.1) is 5.92 Å². The number of hydrogen-bond donors (Lipinski definition) is 2. The Morgan fingerprint density at radius 2 is 1.82 bits per heavy atom. The number of amides is 1. The number of likely N-dealkylation sites (tertiary alicyclic amines) is 1. The van der Waals surface area contributed by atoms with E-state index in [4.69, 9.17) is 11.6 Å². The molecule has 2 fully saturated rings. The second kappa shape index (κ2) is 7.47. The van der Waals surface area contributed by atoms with Crippen molar-refractivity contribution >= 4 is 17.5 Å². The Bertz CT molecular complexity index is 506. The van der Waals surface area contributed by atoms with Gasteiger partial charge in [0.25, 0.3) is 0 Å². The highest BCUT2D eigenvalue weighted by Gasteiger charge is 2.29. The minimum Gasteiger partial charge on any atom is -0.353 e. The van der Waals surface area contributed by atoms with Gasteiger partial charge in [-0.05, 0) is 18.9 Å². The van der Waals surface area contributed by atoms with Gasteiger partial charge in [-0.25, -0.2) is 0 Å². The van der Waals surface area contributed by atoms with E-state index in [1.165, 1.54) is 36.1 Å². The molecule has 0 bridgehead atoms. The summed E-state index contributed by atoms with van der Waals surface area (Å²) >= 11 is 6.24. The SMILES string of the molecule is O=C(NC1CCCC1)C1CC[NH+](Cc2ccccc2Cl)CC1. The Balaban J connectivity index is 1.45. The molecule has 1 aromatic carbocycles. The van der Waals surface area contributed by atoms with E-state index in [9.17, 15) is 4.79 Å². The summed E-state index contributed by atoms with van der Waals surface area (Å²) < 4.78 is 0. The molecule has 1 saturated carbocycles. The van der Waals surface area contributed by atoms with E-state index >= 15 is 0 Å². The summed E-state index contributed by atoms with van der Waals surface area (Å²) in [6.07, 6.45) is 6.87. The van der Waals surface area contributed by atoms with Gasteiger partial charge in [-0.3, -0.25) is 4.79 Å². The Morgan fingerprint density at radius 1 is 1.14 bits per heavy atom. The van der Waals surface area contributed by atoms with E-state index in [0.717, 1.165) is 37.5 Å². The lowest BCUT2D eigenvalue weighted by Crippen LogP contribution is -3.11. The van der Waals surface area contributed by atoms with E-state index in [2.05, 4.69) is 11.4 Å². The van der Waals surface area contributed by atoms with Gasteiger partial charge in [0.05, 0.1) is 13.1 Å². The van der Waals surface area contributed by atoms with Gasteiger partial charge in [0, 0.05) is 35.4 Å². The van der Waals surface area contributed by atoms with Crippen LogP contribution in [-0.4, -0.2) is 25.0 Å². The van der Waals surface area contributed by atoms with Crippen molar-refractivity contribution in [2.75, 3.05) is 13.1 Å². The largest absolute Gasteiger partial charge is 0.353 e. The van der Waals surface area contributed by atoms with Crippen molar-refractivity contribution in [3.8, 4) is 0 Å². The van der Waals surface area contributed by atoms with Crippen LogP contribution < -0.4 is 10.2 Å². The molecule has 0 atom stereocenters. The number of halogens is 1. The summed E-state index contributed by atoms with van der Waals surface area (Å²) in [7, 11) is 0. The third-order valence-electron chi connectivity index (χ3n) is 5.16. The Kier molecular flexibility index (Phi) is 5.37. The maximum atomic E-state index is 12.3. The van der Waals surface area contributed by atoms with E-state index in [0.29, 0.717) is 11.9 Å². The van der Waals surface area contributed by atoms with Crippen LogP contribution in [0.4, 0.5) is 0 Å². The van der Waals surface area contributed by atoms with Crippen molar-refractivity contribution in [3.05, 3.63) is 34.9 Å². The van der Waals surface area contributed by atoms with Crippen molar-refractivity contribution in [1.29, 1.82) is 0 Å². The van der Waals surface area contributed by atoms with Gasteiger partial charge in [0.15, 0.2) is 0 Å². The quantitative estimate of drug-likeness (QED) is 0.876. The summed E-state index contributed by atoms with van der Waals surface area (Å²) in [5.41, 5.74) is 1.22. The standard InChI is InChI=1S/C18H25ClN2O/c19-17-8-4-1-5-15(17)13-21-11-9-14(10-12-21)18(22)20-16-6-2-3-7-16/h1,4-5,8,14,16H,2-3,6-7,9-13H2,(H,20,22)/p+1. The maximum absolute atomic E-state index is 12.3. The van der Waals surface area contributed by atoms with Crippen molar-refractivity contribution in [1.82, 2.24) is 5.32 Å². The van der Waals surface area contributed by atoms with Crippen LogP contribution in [0.5, 0.6) is 0 Å². The molecule has 1 aromatic rings. The number of carbonyl (C=O) groups is 1. The molecule has 120 valence electrons. The normalized spacial score (nSPS) is 26.0. The molecule has 1 aliphatic carbocycles. The van der Waals surface area contributed by atoms with Crippen molar-refractivity contribution in [3.63, 3.8) is 0 Å². The Hall–Kier alpha value is -1.06. The van der Waals surface area contributed by atoms with Gasteiger partial charge in [0.1, 0.15) is 6.54 Å². The summed E-state index contributed by atoms with van der Waals surface area (Å²) in [6, 6.07) is 8.52. The first-order valence-corrected chi connectivity index (χ1v) is 8.97.